The van der Waals surface area contributed by atoms with E-state index in [1.165, 1.54) is 24.3 Å². The number of rotatable bonds is 10. The number of halogens is 1. The second kappa shape index (κ2) is 10.7. The largest absolute Gasteiger partial charge is 0.497 e. The van der Waals surface area contributed by atoms with Crippen molar-refractivity contribution in [3.05, 3.63) is 88.9 Å². The molecule has 4 rings (SSSR count). The summed E-state index contributed by atoms with van der Waals surface area (Å²) in [6.07, 6.45) is 0. The number of hydrogen-bond donors (Lipinski definition) is 2. The van der Waals surface area contributed by atoms with Crippen molar-refractivity contribution >= 4 is 33.5 Å². The number of ether oxygens (including phenoxy) is 2. The Bertz CT molecular complexity index is 1410. The van der Waals surface area contributed by atoms with Crippen LogP contribution in [0.4, 0.5) is 11.9 Å². The number of anilines is 2. The first-order valence-corrected chi connectivity index (χ1v) is 12.4. The molecule has 0 spiro atoms. The van der Waals surface area contributed by atoms with Crippen LogP contribution in [0.3, 0.4) is 0 Å². The van der Waals surface area contributed by atoms with Gasteiger partial charge in [0, 0.05) is 18.1 Å². The second-order valence-electron chi connectivity index (χ2n) is 7.47. The van der Waals surface area contributed by atoms with Crippen molar-refractivity contribution in [2.45, 2.75) is 18.0 Å². The van der Waals surface area contributed by atoms with Crippen LogP contribution in [0.1, 0.15) is 11.1 Å². The molecule has 0 radical (unpaired) electrons. The van der Waals surface area contributed by atoms with Gasteiger partial charge in [-0.05, 0) is 59.7 Å². The molecular weight excluding hydrogens is 490 g/mol. The van der Waals surface area contributed by atoms with Crippen molar-refractivity contribution in [2.75, 3.05) is 24.9 Å². The fraction of sp³-hybridized carbons (Fsp3) is 0.167. The molecule has 35 heavy (non-hydrogen) atoms. The van der Waals surface area contributed by atoms with Crippen LogP contribution in [-0.4, -0.2) is 36.8 Å². The SMILES string of the molecule is COc1cccc(CNc2nc(NCc3cccc(OC)c3)n(S(=O)(=O)c3ccc(Cl)cc3)n2)c1. The summed E-state index contributed by atoms with van der Waals surface area (Å²) in [5.74, 6) is 1.63. The third-order valence-electron chi connectivity index (χ3n) is 5.09. The average Bonchev–Trinajstić information content (AvgIpc) is 3.31. The molecule has 9 nitrogen and oxygen atoms in total. The highest BCUT2D eigenvalue weighted by molar-refractivity contribution is 7.90. The standard InChI is InChI=1S/C24H24ClN5O4S/c1-33-20-7-3-5-17(13-20)15-26-23-28-24(27-16-18-6-4-8-21(14-18)34-2)30(29-23)35(31,32)22-11-9-19(25)10-12-22/h3-14H,15-16H2,1-2H3,(H2,26,27,28,29). The van der Waals surface area contributed by atoms with E-state index in [1.54, 1.807) is 14.2 Å². The summed E-state index contributed by atoms with van der Waals surface area (Å²) < 4.78 is 38.1. The average molecular weight is 514 g/mol. The fourth-order valence-electron chi connectivity index (χ4n) is 3.28. The second-order valence-corrected chi connectivity index (χ2v) is 9.67. The number of methoxy groups -OCH3 is 2. The smallest absolute Gasteiger partial charge is 0.286 e. The van der Waals surface area contributed by atoms with Crippen LogP contribution < -0.4 is 20.1 Å². The first kappa shape index (κ1) is 24.4. The van der Waals surface area contributed by atoms with Gasteiger partial charge in [-0.15, -0.1) is 9.19 Å². The van der Waals surface area contributed by atoms with Gasteiger partial charge in [0.1, 0.15) is 11.5 Å². The quantitative estimate of drug-likeness (QED) is 0.321. The van der Waals surface area contributed by atoms with Gasteiger partial charge in [-0.25, -0.2) is 0 Å². The van der Waals surface area contributed by atoms with E-state index in [0.29, 0.717) is 29.6 Å². The van der Waals surface area contributed by atoms with Crippen LogP contribution in [0.5, 0.6) is 11.5 Å². The number of hydrogen-bond acceptors (Lipinski definition) is 8. The molecule has 0 unspecified atom stereocenters. The lowest BCUT2D eigenvalue weighted by atomic mass is 10.2. The van der Waals surface area contributed by atoms with Crippen LogP contribution in [0, 0.1) is 0 Å². The molecule has 11 heteroatoms. The van der Waals surface area contributed by atoms with Crippen molar-refractivity contribution in [3.8, 4) is 11.5 Å². The minimum Gasteiger partial charge on any atom is -0.497 e. The zero-order chi connectivity index (χ0) is 24.8. The van der Waals surface area contributed by atoms with Crippen molar-refractivity contribution in [1.29, 1.82) is 0 Å². The molecule has 4 aromatic rings. The Morgan fingerprint density at radius 3 is 2.00 bits per heavy atom. The van der Waals surface area contributed by atoms with E-state index >= 15 is 0 Å². The maximum Gasteiger partial charge on any atom is 0.286 e. The third-order valence-corrected chi connectivity index (χ3v) is 6.92. The van der Waals surface area contributed by atoms with Crippen LogP contribution in [0.2, 0.25) is 5.02 Å². The Morgan fingerprint density at radius 1 is 0.857 bits per heavy atom. The van der Waals surface area contributed by atoms with Crippen LogP contribution in [0.25, 0.3) is 0 Å². The number of aromatic nitrogens is 3. The third kappa shape index (κ3) is 5.84. The molecule has 2 N–H and O–H groups in total. The van der Waals surface area contributed by atoms with Gasteiger partial charge in [-0.1, -0.05) is 35.9 Å². The molecule has 0 bridgehead atoms. The first-order chi connectivity index (χ1) is 16.9. The molecule has 1 aromatic heterocycles. The van der Waals surface area contributed by atoms with Crippen molar-refractivity contribution in [3.63, 3.8) is 0 Å². The van der Waals surface area contributed by atoms with Crippen molar-refractivity contribution in [2.24, 2.45) is 0 Å². The molecule has 0 aliphatic carbocycles. The van der Waals surface area contributed by atoms with Gasteiger partial charge in [0.25, 0.3) is 10.0 Å². The maximum absolute atomic E-state index is 13.4. The fourth-order valence-corrected chi connectivity index (χ4v) is 4.61. The lowest BCUT2D eigenvalue weighted by Crippen LogP contribution is -2.18. The van der Waals surface area contributed by atoms with Crippen LogP contribution in [-0.2, 0) is 23.1 Å². The molecule has 0 aliphatic heterocycles. The highest BCUT2D eigenvalue weighted by atomic mass is 35.5. The summed E-state index contributed by atoms with van der Waals surface area (Å²) in [5.41, 5.74) is 1.81. The monoisotopic (exact) mass is 513 g/mol. The van der Waals surface area contributed by atoms with E-state index in [9.17, 15) is 8.42 Å². The van der Waals surface area contributed by atoms with E-state index in [0.717, 1.165) is 15.2 Å². The molecule has 0 saturated heterocycles. The van der Waals surface area contributed by atoms with Gasteiger partial charge >= 0.3 is 0 Å². The Hall–Kier alpha value is -3.76. The van der Waals surface area contributed by atoms with E-state index in [1.807, 2.05) is 48.5 Å². The Kier molecular flexibility index (Phi) is 7.42. The van der Waals surface area contributed by atoms with E-state index in [-0.39, 0.29) is 16.8 Å². The van der Waals surface area contributed by atoms with Gasteiger partial charge in [0.2, 0.25) is 11.9 Å². The summed E-state index contributed by atoms with van der Waals surface area (Å²) in [4.78, 5) is 4.43. The Labute approximate surface area is 208 Å². The van der Waals surface area contributed by atoms with Crippen LogP contribution >= 0.6 is 11.6 Å². The molecule has 182 valence electrons. The molecular formula is C24H24ClN5O4S. The van der Waals surface area contributed by atoms with E-state index < -0.39 is 10.0 Å². The van der Waals surface area contributed by atoms with Gasteiger partial charge in [0.05, 0.1) is 19.1 Å². The predicted octanol–water partition coefficient (Wildman–Crippen LogP) is 4.41. The lowest BCUT2D eigenvalue weighted by molar-refractivity contribution is 0.414. The van der Waals surface area contributed by atoms with Crippen molar-refractivity contribution < 1.29 is 17.9 Å². The Balaban J connectivity index is 1.62. The molecule has 0 aliphatic rings. The summed E-state index contributed by atoms with van der Waals surface area (Å²) in [7, 11) is -0.859. The Morgan fingerprint density at radius 2 is 1.43 bits per heavy atom. The topological polar surface area (TPSA) is 107 Å². The highest BCUT2D eigenvalue weighted by Crippen LogP contribution is 2.22. The number of benzene rings is 3. The minimum atomic E-state index is -4.04. The normalized spacial score (nSPS) is 11.2. The van der Waals surface area contributed by atoms with Gasteiger partial charge in [-0.2, -0.15) is 13.4 Å². The van der Waals surface area contributed by atoms with Crippen LogP contribution in [0.15, 0.2) is 77.7 Å². The van der Waals surface area contributed by atoms with E-state index in [4.69, 9.17) is 21.1 Å². The molecule has 1 heterocycles. The highest BCUT2D eigenvalue weighted by Gasteiger charge is 2.24. The zero-order valence-corrected chi connectivity index (χ0v) is 20.7. The first-order valence-electron chi connectivity index (χ1n) is 10.6. The summed E-state index contributed by atoms with van der Waals surface area (Å²) >= 11 is 5.94. The van der Waals surface area contributed by atoms with Crippen molar-refractivity contribution in [1.82, 2.24) is 14.2 Å². The molecule has 3 aromatic carbocycles. The zero-order valence-electron chi connectivity index (χ0n) is 19.1. The summed E-state index contributed by atoms with van der Waals surface area (Å²) in [6.45, 7) is 0.679. The predicted molar refractivity (Wildman–Crippen MR) is 135 cm³/mol. The van der Waals surface area contributed by atoms with Gasteiger partial charge < -0.3 is 20.1 Å². The van der Waals surface area contributed by atoms with E-state index in [2.05, 4.69) is 20.7 Å². The molecule has 0 fully saturated rings. The molecule has 0 saturated carbocycles. The number of nitrogens with zero attached hydrogens (tertiary/aromatic N) is 3. The summed E-state index contributed by atoms with van der Waals surface area (Å²) in [5, 5.41) is 10.8. The van der Waals surface area contributed by atoms with Gasteiger partial charge in [-0.3, -0.25) is 0 Å². The molecule has 0 amide bonds. The minimum absolute atomic E-state index is 0.0376. The summed E-state index contributed by atoms with van der Waals surface area (Å²) in [6, 6.07) is 20.8. The lowest BCUT2D eigenvalue weighted by Gasteiger charge is -2.10. The molecule has 0 atom stereocenters. The van der Waals surface area contributed by atoms with Gasteiger partial charge in [0.15, 0.2) is 0 Å². The maximum atomic E-state index is 13.4. The number of nitrogens with one attached hydrogen (secondary N) is 2.